The number of hydrogen-bond acceptors (Lipinski definition) is 5. The fourth-order valence-corrected chi connectivity index (χ4v) is 0.970. The number of carbonyl (C=O) groups excluding carboxylic acids is 1. The van der Waals surface area contributed by atoms with E-state index in [1.165, 1.54) is 6.07 Å². The zero-order valence-corrected chi connectivity index (χ0v) is 7.82. The van der Waals surface area contributed by atoms with Crippen molar-refractivity contribution in [2.45, 2.75) is 0 Å². The smallest absolute Gasteiger partial charge is 0.363 e. The highest BCUT2D eigenvalue weighted by atomic mass is 35.5. The number of halogens is 1. The minimum absolute atomic E-state index is 0.00370. The van der Waals surface area contributed by atoms with E-state index in [-0.39, 0.29) is 5.15 Å². The van der Waals surface area contributed by atoms with Gasteiger partial charge in [0.2, 0.25) is 5.69 Å². The maximum atomic E-state index is 11.0. The summed E-state index contributed by atoms with van der Waals surface area (Å²) in [5, 5.41) is 10.5. The van der Waals surface area contributed by atoms with Crippen LogP contribution in [0.15, 0.2) is 12.1 Å². The molecule has 1 aromatic heterocycles. The SMILES string of the molecule is COC(=O)c1nc(Cl)ccc1[N+](=O)[O-]. The fraction of sp³-hybridized carbons (Fsp3) is 0.143. The summed E-state index contributed by atoms with van der Waals surface area (Å²) < 4.78 is 4.32. The fourth-order valence-electron chi connectivity index (χ4n) is 0.822. The molecule has 74 valence electrons. The number of aromatic nitrogens is 1. The summed E-state index contributed by atoms with van der Waals surface area (Å²) in [7, 11) is 1.11. The Morgan fingerprint density at radius 1 is 1.64 bits per heavy atom. The van der Waals surface area contributed by atoms with Gasteiger partial charge in [0, 0.05) is 6.07 Å². The first-order valence-electron chi connectivity index (χ1n) is 3.45. The molecule has 0 aliphatic carbocycles. The third-order valence-corrected chi connectivity index (χ3v) is 1.63. The topological polar surface area (TPSA) is 82.3 Å². The van der Waals surface area contributed by atoms with Crippen LogP contribution in [0.5, 0.6) is 0 Å². The summed E-state index contributed by atoms with van der Waals surface area (Å²) in [6, 6.07) is 2.33. The van der Waals surface area contributed by atoms with Crippen molar-refractivity contribution in [2.24, 2.45) is 0 Å². The lowest BCUT2D eigenvalue weighted by atomic mass is 10.3. The average Bonchev–Trinajstić information content (AvgIpc) is 2.16. The summed E-state index contributed by atoms with van der Waals surface area (Å²) in [6.07, 6.45) is 0. The maximum Gasteiger partial charge on any atom is 0.363 e. The van der Waals surface area contributed by atoms with Crippen LogP contribution in [-0.2, 0) is 4.74 Å². The van der Waals surface area contributed by atoms with Crippen molar-refractivity contribution in [2.75, 3.05) is 7.11 Å². The molecule has 0 fully saturated rings. The van der Waals surface area contributed by atoms with Gasteiger partial charge in [0.1, 0.15) is 5.15 Å². The monoisotopic (exact) mass is 216 g/mol. The Balaban J connectivity index is 3.29. The van der Waals surface area contributed by atoms with E-state index in [0.717, 1.165) is 13.2 Å². The molecule has 1 aromatic rings. The maximum absolute atomic E-state index is 11.0. The van der Waals surface area contributed by atoms with E-state index >= 15 is 0 Å². The quantitative estimate of drug-likeness (QED) is 0.323. The molecule has 0 saturated carbocycles. The van der Waals surface area contributed by atoms with Gasteiger partial charge in [-0.05, 0) is 6.07 Å². The molecule has 1 heterocycles. The van der Waals surface area contributed by atoms with E-state index < -0.39 is 22.3 Å². The molecular formula is C7H5ClN2O4. The second-order valence-electron chi connectivity index (χ2n) is 2.25. The number of ether oxygens (including phenoxy) is 1. The number of nitrogens with zero attached hydrogens (tertiary/aromatic N) is 2. The van der Waals surface area contributed by atoms with E-state index in [1.54, 1.807) is 0 Å². The molecule has 6 nitrogen and oxygen atoms in total. The third-order valence-electron chi connectivity index (χ3n) is 1.42. The van der Waals surface area contributed by atoms with E-state index in [4.69, 9.17) is 11.6 Å². The predicted molar refractivity (Wildman–Crippen MR) is 47.2 cm³/mol. The summed E-state index contributed by atoms with van der Waals surface area (Å²) in [4.78, 5) is 24.3. The first-order chi connectivity index (χ1) is 6.56. The van der Waals surface area contributed by atoms with Crippen LogP contribution in [0.25, 0.3) is 0 Å². The molecule has 0 aromatic carbocycles. The van der Waals surface area contributed by atoms with Gasteiger partial charge in [-0.15, -0.1) is 0 Å². The van der Waals surface area contributed by atoms with Crippen molar-refractivity contribution >= 4 is 23.3 Å². The van der Waals surface area contributed by atoms with E-state index in [9.17, 15) is 14.9 Å². The van der Waals surface area contributed by atoms with Gasteiger partial charge in [0.05, 0.1) is 12.0 Å². The standard InChI is InChI=1S/C7H5ClN2O4/c1-14-7(11)6-4(10(12)13)2-3-5(8)9-6/h2-3H,1H3. The van der Waals surface area contributed by atoms with Crippen LogP contribution < -0.4 is 0 Å². The molecule has 1 rings (SSSR count). The lowest BCUT2D eigenvalue weighted by Gasteiger charge is -1.99. The Kier molecular flexibility index (Phi) is 2.98. The van der Waals surface area contributed by atoms with Crippen molar-refractivity contribution in [3.63, 3.8) is 0 Å². The molecular weight excluding hydrogens is 212 g/mol. The highest BCUT2D eigenvalue weighted by Crippen LogP contribution is 2.19. The van der Waals surface area contributed by atoms with E-state index in [1.807, 2.05) is 0 Å². The van der Waals surface area contributed by atoms with Gasteiger partial charge in [-0.3, -0.25) is 10.1 Å². The average molecular weight is 217 g/mol. The normalized spacial score (nSPS) is 9.57. The van der Waals surface area contributed by atoms with Crippen molar-refractivity contribution in [1.29, 1.82) is 0 Å². The molecule has 0 unspecified atom stereocenters. The Morgan fingerprint density at radius 2 is 2.29 bits per heavy atom. The van der Waals surface area contributed by atoms with Gasteiger partial charge < -0.3 is 4.74 Å². The molecule has 0 bridgehead atoms. The Morgan fingerprint density at radius 3 is 2.79 bits per heavy atom. The molecule has 0 radical (unpaired) electrons. The molecule has 0 aliphatic heterocycles. The van der Waals surface area contributed by atoms with Gasteiger partial charge in [-0.1, -0.05) is 11.6 Å². The van der Waals surface area contributed by atoms with E-state index in [0.29, 0.717) is 0 Å². The van der Waals surface area contributed by atoms with Crippen LogP contribution in [0.3, 0.4) is 0 Å². The molecule has 0 aliphatic rings. The number of rotatable bonds is 2. The van der Waals surface area contributed by atoms with Crippen LogP contribution in [-0.4, -0.2) is 23.0 Å². The Hall–Kier alpha value is -1.69. The minimum Gasteiger partial charge on any atom is -0.464 e. The predicted octanol–water partition coefficient (Wildman–Crippen LogP) is 1.43. The van der Waals surface area contributed by atoms with Crippen LogP contribution in [0.2, 0.25) is 5.15 Å². The number of nitro groups is 1. The highest BCUT2D eigenvalue weighted by molar-refractivity contribution is 6.29. The van der Waals surface area contributed by atoms with Crippen molar-refractivity contribution < 1.29 is 14.5 Å². The lowest BCUT2D eigenvalue weighted by molar-refractivity contribution is -0.385. The van der Waals surface area contributed by atoms with Crippen molar-refractivity contribution in [3.05, 3.63) is 33.1 Å². The third kappa shape index (κ3) is 1.97. The lowest BCUT2D eigenvalue weighted by Crippen LogP contribution is -2.08. The van der Waals surface area contributed by atoms with Gasteiger partial charge in [0.25, 0.3) is 0 Å². The minimum atomic E-state index is -0.890. The van der Waals surface area contributed by atoms with Crippen LogP contribution in [0, 0.1) is 10.1 Å². The second kappa shape index (κ2) is 4.01. The molecule has 7 heteroatoms. The molecule has 0 spiro atoms. The Bertz CT molecular complexity index is 393. The number of pyridine rings is 1. The highest BCUT2D eigenvalue weighted by Gasteiger charge is 2.22. The number of hydrogen-bond donors (Lipinski definition) is 0. The summed E-state index contributed by atoms with van der Waals surface area (Å²) in [6.45, 7) is 0. The first-order valence-corrected chi connectivity index (χ1v) is 3.83. The summed E-state index contributed by atoms with van der Waals surface area (Å²) in [5.74, 6) is -0.890. The molecule has 0 amide bonds. The second-order valence-corrected chi connectivity index (χ2v) is 2.64. The van der Waals surface area contributed by atoms with Gasteiger partial charge >= 0.3 is 11.7 Å². The van der Waals surface area contributed by atoms with Gasteiger partial charge in [-0.2, -0.15) is 0 Å². The largest absolute Gasteiger partial charge is 0.464 e. The van der Waals surface area contributed by atoms with Crippen molar-refractivity contribution in [1.82, 2.24) is 4.98 Å². The van der Waals surface area contributed by atoms with E-state index in [2.05, 4.69) is 9.72 Å². The van der Waals surface area contributed by atoms with Gasteiger partial charge in [-0.25, -0.2) is 9.78 Å². The van der Waals surface area contributed by atoms with Crippen LogP contribution in [0.4, 0.5) is 5.69 Å². The molecule has 0 saturated heterocycles. The van der Waals surface area contributed by atoms with Crippen molar-refractivity contribution in [3.8, 4) is 0 Å². The molecule has 14 heavy (non-hydrogen) atoms. The summed E-state index contributed by atoms with van der Waals surface area (Å²) >= 11 is 5.48. The zero-order valence-electron chi connectivity index (χ0n) is 7.06. The summed E-state index contributed by atoms with van der Waals surface area (Å²) in [5.41, 5.74) is -0.828. The molecule has 0 atom stereocenters. The van der Waals surface area contributed by atoms with Gasteiger partial charge in [0.15, 0.2) is 0 Å². The first kappa shape index (κ1) is 10.4. The van der Waals surface area contributed by atoms with Crippen LogP contribution in [0.1, 0.15) is 10.5 Å². The number of carbonyl (C=O) groups is 1. The molecule has 0 N–H and O–H groups in total. The Labute approximate surface area is 83.6 Å². The van der Waals surface area contributed by atoms with Crippen LogP contribution >= 0.6 is 11.6 Å². The number of esters is 1. The zero-order chi connectivity index (χ0) is 10.7. The number of methoxy groups -OCH3 is 1.